The van der Waals surface area contributed by atoms with Crippen molar-refractivity contribution in [3.8, 4) is 11.8 Å². The van der Waals surface area contributed by atoms with Gasteiger partial charge in [-0.25, -0.2) is 4.98 Å². The Morgan fingerprint density at radius 2 is 2.36 bits per heavy atom. The predicted molar refractivity (Wildman–Crippen MR) is 102 cm³/mol. The number of furan rings is 1. The van der Waals surface area contributed by atoms with Gasteiger partial charge >= 0.3 is 0 Å². The topological polar surface area (TPSA) is 84.3 Å². The van der Waals surface area contributed by atoms with E-state index in [1.807, 2.05) is 18.4 Å². The van der Waals surface area contributed by atoms with E-state index in [2.05, 4.69) is 28.2 Å². The first-order chi connectivity index (χ1) is 12.1. The van der Waals surface area contributed by atoms with E-state index >= 15 is 0 Å². The van der Waals surface area contributed by atoms with Crippen molar-refractivity contribution >= 4 is 39.7 Å². The van der Waals surface area contributed by atoms with E-state index in [4.69, 9.17) is 26.9 Å². The lowest BCUT2D eigenvalue weighted by atomic mass is 10.1. The first-order valence-corrected chi connectivity index (χ1v) is 9.07. The molecule has 1 atom stereocenters. The maximum atomic E-state index is 9.02. The Kier molecular flexibility index (Phi) is 5.61. The zero-order valence-corrected chi connectivity index (χ0v) is 15.2. The minimum atomic E-state index is -0.242. The van der Waals surface area contributed by atoms with Gasteiger partial charge in [-0.2, -0.15) is 0 Å². The molecule has 0 fully saturated rings. The lowest BCUT2D eigenvalue weighted by Crippen LogP contribution is -2.17. The first-order valence-electron chi connectivity index (χ1n) is 7.82. The third kappa shape index (κ3) is 4.14. The highest BCUT2D eigenvalue weighted by molar-refractivity contribution is 7.09. The molecule has 25 heavy (non-hydrogen) atoms. The molecule has 5 nitrogen and oxygen atoms in total. The van der Waals surface area contributed by atoms with Crippen LogP contribution in [0.3, 0.4) is 0 Å². The summed E-state index contributed by atoms with van der Waals surface area (Å²) < 4.78 is 6.02. The number of aliphatic hydroxyl groups excluding tert-OH is 1. The van der Waals surface area contributed by atoms with Crippen LogP contribution in [-0.2, 0) is 13.0 Å². The number of fused-ring (bicyclic) bond motifs is 1. The maximum absolute atomic E-state index is 9.02. The zero-order valence-electron chi connectivity index (χ0n) is 13.7. The van der Waals surface area contributed by atoms with Gasteiger partial charge in [0.2, 0.25) is 0 Å². The van der Waals surface area contributed by atoms with Gasteiger partial charge < -0.3 is 20.6 Å². The third-order valence-electron chi connectivity index (χ3n) is 3.52. The van der Waals surface area contributed by atoms with Crippen molar-refractivity contribution in [3.05, 3.63) is 44.9 Å². The molecular formula is C18H18ClN3O2S. The van der Waals surface area contributed by atoms with Crippen LogP contribution < -0.4 is 11.1 Å². The Labute approximate surface area is 154 Å². The summed E-state index contributed by atoms with van der Waals surface area (Å²) in [5, 5.41) is 14.7. The van der Waals surface area contributed by atoms with E-state index in [1.54, 1.807) is 17.4 Å². The summed E-state index contributed by atoms with van der Waals surface area (Å²) in [6.45, 7) is 2.31. The van der Waals surface area contributed by atoms with Crippen LogP contribution in [0.4, 0.5) is 5.69 Å². The Balaban J connectivity index is 2.06. The van der Waals surface area contributed by atoms with Gasteiger partial charge in [-0.15, -0.1) is 11.3 Å². The second-order valence-electron chi connectivity index (χ2n) is 5.64. The van der Waals surface area contributed by atoms with E-state index in [9.17, 15) is 0 Å². The summed E-state index contributed by atoms with van der Waals surface area (Å²) >= 11 is 7.86. The maximum Gasteiger partial charge on any atom is 0.177 e. The Bertz CT molecular complexity index is 923. The molecule has 3 aromatic rings. The van der Waals surface area contributed by atoms with Crippen LogP contribution in [0.15, 0.2) is 28.0 Å². The van der Waals surface area contributed by atoms with Gasteiger partial charge in [0.1, 0.15) is 23.0 Å². The second kappa shape index (κ2) is 7.89. The van der Waals surface area contributed by atoms with E-state index in [-0.39, 0.29) is 12.6 Å². The number of rotatable bonds is 5. The number of halogens is 1. The molecule has 0 aromatic carbocycles. The van der Waals surface area contributed by atoms with Crippen LogP contribution in [0, 0.1) is 11.8 Å². The average Bonchev–Trinajstić information content (AvgIpc) is 3.18. The quantitative estimate of drug-likeness (QED) is 0.470. The number of aliphatic hydroxyl groups is 1. The van der Waals surface area contributed by atoms with Crippen molar-refractivity contribution < 1.29 is 9.52 Å². The van der Waals surface area contributed by atoms with Crippen LogP contribution in [0.1, 0.15) is 23.1 Å². The number of anilines is 1. The Hall–Kier alpha value is -2.04. The molecule has 3 rings (SSSR count). The molecule has 0 saturated heterocycles. The van der Waals surface area contributed by atoms with Crippen molar-refractivity contribution in [1.29, 1.82) is 0 Å². The van der Waals surface area contributed by atoms with Gasteiger partial charge in [0.25, 0.3) is 0 Å². The third-order valence-corrected chi connectivity index (χ3v) is 4.59. The molecule has 0 aliphatic carbocycles. The minimum absolute atomic E-state index is 0.0896. The fourth-order valence-electron chi connectivity index (χ4n) is 2.50. The highest BCUT2D eigenvalue weighted by Crippen LogP contribution is 2.33. The molecule has 0 spiro atoms. The van der Waals surface area contributed by atoms with Crippen molar-refractivity contribution in [2.45, 2.75) is 25.9 Å². The predicted octanol–water partition coefficient (Wildman–Crippen LogP) is 3.39. The molecule has 0 saturated carbocycles. The van der Waals surface area contributed by atoms with E-state index < -0.39 is 0 Å². The van der Waals surface area contributed by atoms with Crippen molar-refractivity contribution in [3.63, 3.8) is 0 Å². The number of hydrogen-bond acceptors (Lipinski definition) is 6. The van der Waals surface area contributed by atoms with Crippen LogP contribution in [0.25, 0.3) is 11.1 Å². The normalized spacial score (nSPS) is 12.0. The number of pyridine rings is 1. The molecule has 4 N–H and O–H groups in total. The van der Waals surface area contributed by atoms with Gasteiger partial charge in [-0.3, -0.25) is 0 Å². The van der Waals surface area contributed by atoms with Gasteiger partial charge in [0.05, 0.1) is 11.3 Å². The van der Waals surface area contributed by atoms with Gasteiger partial charge in [-0.1, -0.05) is 29.5 Å². The molecule has 0 radical (unpaired) electrons. The number of aromatic nitrogens is 1. The molecule has 0 aliphatic rings. The van der Waals surface area contributed by atoms with Crippen LogP contribution in [-0.4, -0.2) is 22.7 Å². The summed E-state index contributed by atoms with van der Waals surface area (Å²) in [5.41, 5.74) is 8.48. The summed E-state index contributed by atoms with van der Waals surface area (Å²) in [4.78, 5) is 5.57. The molecule has 3 aromatic heterocycles. The second-order valence-corrected chi connectivity index (χ2v) is 7.06. The van der Waals surface area contributed by atoms with Crippen molar-refractivity contribution in [2.24, 2.45) is 5.73 Å². The molecule has 0 bridgehead atoms. The molecule has 0 amide bonds. The monoisotopic (exact) mass is 375 g/mol. The molecule has 7 heteroatoms. The Morgan fingerprint density at radius 1 is 1.52 bits per heavy atom. The van der Waals surface area contributed by atoms with Gasteiger partial charge in [-0.05, 0) is 18.4 Å². The van der Waals surface area contributed by atoms with Crippen molar-refractivity contribution in [1.82, 2.24) is 4.98 Å². The number of hydrogen-bond donors (Lipinski definition) is 3. The SMILES string of the molecule is C[C@H](N)Cc1oc2c(NCc3cccs3)cc(Cl)nc2c1C#CCO. The van der Waals surface area contributed by atoms with E-state index in [1.165, 1.54) is 4.88 Å². The van der Waals surface area contributed by atoms with E-state index in [0.29, 0.717) is 40.5 Å². The molecule has 0 unspecified atom stereocenters. The fraction of sp³-hybridized carbons (Fsp3) is 0.278. The van der Waals surface area contributed by atoms with Crippen molar-refractivity contribution in [2.75, 3.05) is 11.9 Å². The fourth-order valence-corrected chi connectivity index (χ4v) is 3.34. The molecule has 0 aliphatic heterocycles. The summed E-state index contributed by atoms with van der Waals surface area (Å²) in [5.74, 6) is 6.22. The smallest absolute Gasteiger partial charge is 0.177 e. The number of nitrogens with one attached hydrogen (secondary N) is 1. The van der Waals surface area contributed by atoms with Crippen LogP contribution in [0.2, 0.25) is 5.15 Å². The van der Waals surface area contributed by atoms with Gasteiger partial charge in [0, 0.05) is 30.0 Å². The summed E-state index contributed by atoms with van der Waals surface area (Å²) in [6.07, 6.45) is 0.522. The lowest BCUT2D eigenvalue weighted by Gasteiger charge is -2.06. The Morgan fingerprint density at radius 3 is 3.04 bits per heavy atom. The van der Waals surface area contributed by atoms with Gasteiger partial charge in [0.15, 0.2) is 5.58 Å². The lowest BCUT2D eigenvalue weighted by molar-refractivity contribution is 0.350. The summed E-state index contributed by atoms with van der Waals surface area (Å²) in [7, 11) is 0. The number of thiophene rings is 1. The van der Waals surface area contributed by atoms with E-state index in [0.717, 1.165) is 5.69 Å². The summed E-state index contributed by atoms with van der Waals surface area (Å²) in [6, 6.07) is 5.71. The minimum Gasteiger partial charge on any atom is -0.456 e. The van der Waals surface area contributed by atoms with Crippen LogP contribution >= 0.6 is 22.9 Å². The highest BCUT2D eigenvalue weighted by atomic mass is 35.5. The molecular weight excluding hydrogens is 358 g/mol. The zero-order chi connectivity index (χ0) is 17.8. The first kappa shape index (κ1) is 17.8. The standard InChI is InChI=1S/C18H18ClN3O2S/c1-11(20)8-15-13(5-2-6-23)17-18(24-15)14(9-16(19)22-17)21-10-12-4-3-7-25-12/h3-4,7,9,11,23H,6,8,10,20H2,1H3,(H,21,22)/t11-/m0/s1. The number of nitrogens with zero attached hydrogens (tertiary/aromatic N) is 1. The molecule has 130 valence electrons. The highest BCUT2D eigenvalue weighted by Gasteiger charge is 2.19. The average molecular weight is 376 g/mol. The largest absolute Gasteiger partial charge is 0.456 e. The van der Waals surface area contributed by atoms with Crippen LogP contribution in [0.5, 0.6) is 0 Å². The number of nitrogens with two attached hydrogens (primary N) is 1. The molecule has 3 heterocycles.